The van der Waals surface area contributed by atoms with E-state index < -0.39 is 0 Å². The highest BCUT2D eigenvalue weighted by atomic mass is 32.1. The van der Waals surface area contributed by atoms with Gasteiger partial charge in [0, 0.05) is 24.0 Å². The second-order valence-corrected chi connectivity index (χ2v) is 8.59. The van der Waals surface area contributed by atoms with E-state index in [9.17, 15) is 14.9 Å². The Morgan fingerprint density at radius 3 is 2.75 bits per heavy atom. The van der Waals surface area contributed by atoms with Gasteiger partial charge in [-0.2, -0.15) is 5.26 Å². The number of carbonyl (C=O) groups excluding carboxylic acids is 2. The van der Waals surface area contributed by atoms with E-state index in [1.807, 2.05) is 30.3 Å². The molecule has 1 fully saturated rings. The van der Waals surface area contributed by atoms with Gasteiger partial charge < -0.3 is 21.1 Å². The Morgan fingerprint density at radius 2 is 2.06 bits per heavy atom. The van der Waals surface area contributed by atoms with E-state index >= 15 is 0 Å². The number of nitrogens with two attached hydrogens (primary N) is 2. The van der Waals surface area contributed by atoms with E-state index in [1.54, 1.807) is 11.8 Å². The first kappa shape index (κ1) is 21.6. The molecule has 3 aromatic rings. The molecule has 1 saturated heterocycles. The Hall–Kier alpha value is -3.64. The summed E-state index contributed by atoms with van der Waals surface area (Å²) in [6, 6.07) is 11.4. The van der Waals surface area contributed by atoms with E-state index in [0.717, 1.165) is 16.9 Å². The summed E-state index contributed by atoms with van der Waals surface area (Å²) >= 11 is 1.15. The molecule has 1 atom stereocenters. The van der Waals surface area contributed by atoms with Crippen molar-refractivity contribution in [3.8, 4) is 17.2 Å². The fraction of sp³-hybridized carbons (Fsp3) is 0.304. The number of hydrogen-bond donors (Lipinski definition) is 2. The summed E-state index contributed by atoms with van der Waals surface area (Å²) in [6.07, 6.45) is 1.39. The Kier molecular flexibility index (Phi) is 5.97. The number of anilines is 2. The number of hydrogen-bond acceptors (Lipinski definition) is 8. The molecule has 32 heavy (non-hydrogen) atoms. The fourth-order valence-electron chi connectivity index (χ4n) is 4.09. The average molecular weight is 450 g/mol. The molecule has 1 aliphatic heterocycles. The summed E-state index contributed by atoms with van der Waals surface area (Å²) in [5.74, 6) is -0.786. The van der Waals surface area contributed by atoms with Crippen molar-refractivity contribution in [2.75, 3.05) is 31.2 Å². The van der Waals surface area contributed by atoms with Crippen LogP contribution in [0.25, 0.3) is 21.3 Å². The molecule has 3 heterocycles. The minimum atomic E-state index is -0.345. The zero-order chi connectivity index (χ0) is 22.8. The number of nitrogen functional groups attached to an aromatic ring is 2. The number of likely N-dealkylation sites (tertiary alicyclic amines) is 1. The molecule has 1 aromatic carbocycles. The molecule has 0 aliphatic carbocycles. The van der Waals surface area contributed by atoms with Crippen molar-refractivity contribution in [3.05, 3.63) is 40.8 Å². The third kappa shape index (κ3) is 3.74. The summed E-state index contributed by atoms with van der Waals surface area (Å²) in [5.41, 5.74) is 14.4. The monoisotopic (exact) mass is 449 g/mol. The minimum absolute atomic E-state index is 0.0967. The van der Waals surface area contributed by atoms with Crippen molar-refractivity contribution in [1.29, 1.82) is 5.26 Å². The van der Waals surface area contributed by atoms with Crippen LogP contribution in [0.5, 0.6) is 0 Å². The smallest absolute Gasteiger partial charge is 0.310 e. The lowest BCUT2D eigenvalue weighted by Crippen LogP contribution is -2.42. The molecule has 9 heteroatoms. The predicted molar refractivity (Wildman–Crippen MR) is 124 cm³/mol. The van der Waals surface area contributed by atoms with Crippen molar-refractivity contribution in [3.63, 3.8) is 0 Å². The largest absolute Gasteiger partial charge is 0.466 e. The van der Waals surface area contributed by atoms with Crippen LogP contribution in [0, 0.1) is 17.2 Å². The summed E-state index contributed by atoms with van der Waals surface area (Å²) in [7, 11) is 0. The molecule has 8 nitrogen and oxygen atoms in total. The van der Waals surface area contributed by atoms with Crippen LogP contribution < -0.4 is 11.5 Å². The molecular formula is C23H23N5O3S. The highest BCUT2D eigenvalue weighted by molar-refractivity contribution is 7.21. The molecule has 1 aliphatic rings. The van der Waals surface area contributed by atoms with Crippen molar-refractivity contribution >= 4 is 44.9 Å². The van der Waals surface area contributed by atoms with E-state index in [0.29, 0.717) is 46.7 Å². The van der Waals surface area contributed by atoms with Gasteiger partial charge in [0.2, 0.25) is 0 Å². The zero-order valence-electron chi connectivity index (χ0n) is 17.6. The number of ether oxygens (including phenoxy) is 1. The summed E-state index contributed by atoms with van der Waals surface area (Å²) < 4.78 is 5.14. The molecule has 2 aromatic heterocycles. The molecule has 0 radical (unpaired) electrons. The number of carbonyl (C=O) groups is 2. The first-order valence-electron chi connectivity index (χ1n) is 10.4. The van der Waals surface area contributed by atoms with Crippen LogP contribution in [0.3, 0.4) is 0 Å². The number of nitrogens with zero attached hydrogens (tertiary/aromatic N) is 3. The number of aromatic nitrogens is 1. The summed E-state index contributed by atoms with van der Waals surface area (Å²) in [4.78, 5) is 32.4. The first-order chi connectivity index (χ1) is 15.5. The van der Waals surface area contributed by atoms with Gasteiger partial charge in [0.25, 0.3) is 5.91 Å². The summed E-state index contributed by atoms with van der Waals surface area (Å²) in [5, 5.41) is 10.3. The molecule has 1 unspecified atom stereocenters. The number of amides is 1. The maximum atomic E-state index is 13.4. The third-order valence-corrected chi connectivity index (χ3v) is 6.69. The molecule has 164 valence electrons. The Balaban J connectivity index is 1.78. The fourth-order valence-corrected chi connectivity index (χ4v) is 5.17. The molecule has 4 rings (SSSR count). The van der Waals surface area contributed by atoms with Gasteiger partial charge in [-0.1, -0.05) is 30.3 Å². The second kappa shape index (κ2) is 8.85. The zero-order valence-corrected chi connectivity index (χ0v) is 18.4. The minimum Gasteiger partial charge on any atom is -0.466 e. The topological polar surface area (TPSA) is 135 Å². The number of pyridine rings is 1. The van der Waals surface area contributed by atoms with Crippen LogP contribution >= 0.6 is 11.3 Å². The van der Waals surface area contributed by atoms with Crippen LogP contribution in [0.4, 0.5) is 11.5 Å². The van der Waals surface area contributed by atoms with Crippen molar-refractivity contribution in [2.45, 2.75) is 19.8 Å². The van der Waals surface area contributed by atoms with Gasteiger partial charge in [-0.25, -0.2) is 4.98 Å². The standard InChI is InChI=1S/C23H23N5O3S/c1-2-31-23(30)14-9-6-10-28(12-14)22(29)19-18(25)17-16(13-7-4-3-5-8-13)15(11-24)20(26)27-21(17)32-19/h3-5,7-8,14H,2,6,9-10,12,25H2,1H3,(H2,26,27). The van der Waals surface area contributed by atoms with E-state index in [1.165, 1.54) is 0 Å². The Bertz CT molecular complexity index is 1230. The van der Waals surface area contributed by atoms with Crippen LogP contribution in [0.2, 0.25) is 0 Å². The molecule has 1 amide bonds. The maximum absolute atomic E-state index is 13.4. The second-order valence-electron chi connectivity index (χ2n) is 7.59. The number of benzene rings is 1. The van der Waals surface area contributed by atoms with Gasteiger partial charge in [0.1, 0.15) is 27.2 Å². The van der Waals surface area contributed by atoms with E-state index in [-0.39, 0.29) is 41.4 Å². The van der Waals surface area contributed by atoms with Crippen LogP contribution in [-0.4, -0.2) is 41.5 Å². The van der Waals surface area contributed by atoms with E-state index in [2.05, 4.69) is 11.1 Å². The Labute approximate surface area is 189 Å². The predicted octanol–water partition coefficient (Wildman–Crippen LogP) is 3.41. The third-order valence-electron chi connectivity index (χ3n) is 5.60. The quantitative estimate of drug-likeness (QED) is 0.583. The van der Waals surface area contributed by atoms with Crippen LogP contribution in [0.15, 0.2) is 30.3 Å². The lowest BCUT2D eigenvalue weighted by molar-refractivity contribution is -0.149. The molecular weight excluding hydrogens is 426 g/mol. The van der Waals surface area contributed by atoms with Gasteiger partial charge in [-0.3, -0.25) is 9.59 Å². The number of thiophene rings is 1. The number of nitriles is 1. The number of piperidine rings is 1. The molecule has 0 saturated carbocycles. The van der Waals surface area contributed by atoms with Crippen molar-refractivity contribution < 1.29 is 14.3 Å². The molecule has 4 N–H and O–H groups in total. The van der Waals surface area contributed by atoms with E-state index in [4.69, 9.17) is 16.2 Å². The van der Waals surface area contributed by atoms with Gasteiger partial charge >= 0.3 is 5.97 Å². The SMILES string of the molecule is CCOC(=O)C1CCCN(C(=O)c2sc3nc(N)c(C#N)c(-c4ccccc4)c3c2N)C1. The normalized spacial score (nSPS) is 16.0. The van der Waals surface area contributed by atoms with Crippen LogP contribution in [0.1, 0.15) is 35.0 Å². The molecule has 0 bridgehead atoms. The first-order valence-corrected chi connectivity index (χ1v) is 11.2. The lowest BCUT2D eigenvalue weighted by Gasteiger charge is -2.31. The van der Waals surface area contributed by atoms with Crippen molar-refractivity contribution in [1.82, 2.24) is 9.88 Å². The Morgan fingerprint density at radius 1 is 1.31 bits per heavy atom. The summed E-state index contributed by atoms with van der Waals surface area (Å²) in [6.45, 7) is 2.89. The maximum Gasteiger partial charge on any atom is 0.310 e. The number of esters is 1. The highest BCUT2D eigenvalue weighted by Crippen LogP contribution is 2.43. The highest BCUT2D eigenvalue weighted by Gasteiger charge is 2.32. The molecule has 0 spiro atoms. The lowest BCUT2D eigenvalue weighted by atomic mass is 9.96. The number of fused-ring (bicyclic) bond motifs is 1. The van der Waals surface area contributed by atoms with Gasteiger partial charge in [-0.05, 0) is 25.3 Å². The van der Waals surface area contributed by atoms with Gasteiger partial charge in [-0.15, -0.1) is 11.3 Å². The number of rotatable bonds is 4. The van der Waals surface area contributed by atoms with Gasteiger partial charge in [0.05, 0.1) is 18.2 Å². The van der Waals surface area contributed by atoms with Crippen molar-refractivity contribution in [2.24, 2.45) is 5.92 Å². The average Bonchev–Trinajstić information content (AvgIpc) is 3.14. The van der Waals surface area contributed by atoms with Gasteiger partial charge in [0.15, 0.2) is 0 Å². The van der Waals surface area contributed by atoms with Crippen LogP contribution in [-0.2, 0) is 9.53 Å².